The van der Waals surface area contributed by atoms with Crippen molar-refractivity contribution in [2.24, 2.45) is 0 Å². The van der Waals surface area contributed by atoms with Gasteiger partial charge in [0.2, 0.25) is 10.0 Å². The lowest BCUT2D eigenvalue weighted by molar-refractivity contribution is -0.145. The van der Waals surface area contributed by atoms with Gasteiger partial charge in [0.15, 0.2) is 0 Å². The monoisotopic (exact) mass is 312 g/mol. The maximum absolute atomic E-state index is 12.0. The van der Waals surface area contributed by atoms with Crippen LogP contribution in [-0.2, 0) is 19.6 Å². The highest BCUT2D eigenvalue weighted by Gasteiger charge is 2.27. The number of carbonyl (C=O) groups is 2. The number of nitrogens with one attached hydrogen (secondary N) is 1. The fourth-order valence-electron chi connectivity index (χ4n) is 1.54. The quantitative estimate of drug-likeness (QED) is 0.674. The van der Waals surface area contributed by atoms with Gasteiger partial charge >= 0.3 is 11.9 Å². The predicted octanol–water partition coefficient (Wildman–Crippen LogP) is 0.0729. The molecule has 0 heterocycles. The van der Waals surface area contributed by atoms with Crippen molar-refractivity contribution in [2.45, 2.75) is 24.3 Å². The fraction of sp³-hybridized carbons (Fsp3) is 0.250. The van der Waals surface area contributed by atoms with E-state index >= 15 is 0 Å². The molecule has 1 rings (SSSR count). The van der Waals surface area contributed by atoms with E-state index < -0.39 is 34.4 Å². The average molecular weight is 312 g/mol. The Kier molecular flexibility index (Phi) is 5.02. The van der Waals surface area contributed by atoms with Gasteiger partial charge in [-0.3, -0.25) is 9.59 Å². The van der Waals surface area contributed by atoms with Gasteiger partial charge in [-0.25, -0.2) is 8.42 Å². The summed E-state index contributed by atoms with van der Waals surface area (Å²) in [5, 5.41) is 26.2. The van der Waals surface area contributed by atoms with E-state index in [2.05, 4.69) is 0 Å². The lowest BCUT2D eigenvalue weighted by Gasteiger charge is -2.13. The molecule has 0 aliphatic rings. The van der Waals surface area contributed by atoms with Crippen LogP contribution in [0.5, 0.6) is 0 Å². The van der Waals surface area contributed by atoms with Crippen LogP contribution in [0.2, 0.25) is 0 Å². The van der Waals surface area contributed by atoms with Crippen molar-refractivity contribution in [1.29, 1.82) is 5.26 Å². The van der Waals surface area contributed by atoms with Gasteiger partial charge in [-0.1, -0.05) is 0 Å². The number of aliphatic carboxylic acids is 2. The highest BCUT2D eigenvalue weighted by Crippen LogP contribution is 2.15. The standard InChI is InChI=1S/C12H12N2O6S/c1-7-4-9(3-2-8(7)6-13)21(19,20)14-10(12(17)18)5-11(15)16/h2-4,10,14H,5H2,1H3,(H,15,16)(H,17,18)/t10-/m0/s1. The van der Waals surface area contributed by atoms with Crippen LogP contribution in [0.1, 0.15) is 17.5 Å². The summed E-state index contributed by atoms with van der Waals surface area (Å²) in [5.41, 5.74) is 0.694. The Morgan fingerprint density at radius 3 is 2.43 bits per heavy atom. The van der Waals surface area contributed by atoms with Gasteiger partial charge in [-0.05, 0) is 30.7 Å². The Bertz CT molecular complexity index is 720. The molecule has 112 valence electrons. The van der Waals surface area contributed by atoms with Crippen molar-refractivity contribution in [1.82, 2.24) is 4.72 Å². The van der Waals surface area contributed by atoms with Crippen molar-refractivity contribution >= 4 is 22.0 Å². The first-order valence-electron chi connectivity index (χ1n) is 5.65. The number of carboxylic acid groups (broad SMARTS) is 2. The summed E-state index contributed by atoms with van der Waals surface area (Å²) >= 11 is 0. The number of nitriles is 1. The molecule has 9 heteroatoms. The second-order valence-electron chi connectivity index (χ2n) is 4.20. The fourth-order valence-corrected chi connectivity index (χ4v) is 2.81. The van der Waals surface area contributed by atoms with Crippen molar-refractivity contribution in [2.75, 3.05) is 0 Å². The van der Waals surface area contributed by atoms with E-state index in [1.807, 2.05) is 10.8 Å². The van der Waals surface area contributed by atoms with Crippen LogP contribution >= 0.6 is 0 Å². The first kappa shape index (κ1) is 16.6. The summed E-state index contributed by atoms with van der Waals surface area (Å²) in [7, 11) is -4.20. The second kappa shape index (κ2) is 6.34. The van der Waals surface area contributed by atoms with E-state index in [1.54, 1.807) is 0 Å². The summed E-state index contributed by atoms with van der Waals surface area (Å²) in [4.78, 5) is 21.2. The molecule has 3 N–H and O–H groups in total. The molecular weight excluding hydrogens is 300 g/mol. The molecule has 1 atom stereocenters. The number of aryl methyl sites for hydroxylation is 1. The number of sulfonamides is 1. The lowest BCUT2D eigenvalue weighted by atomic mass is 10.1. The van der Waals surface area contributed by atoms with Crippen LogP contribution in [0.25, 0.3) is 0 Å². The minimum atomic E-state index is -4.20. The number of hydrogen-bond acceptors (Lipinski definition) is 5. The number of hydrogen-bond donors (Lipinski definition) is 3. The van der Waals surface area contributed by atoms with E-state index in [-0.39, 0.29) is 10.5 Å². The minimum absolute atomic E-state index is 0.240. The van der Waals surface area contributed by atoms with Gasteiger partial charge in [-0.2, -0.15) is 9.98 Å². The van der Waals surface area contributed by atoms with Crippen LogP contribution in [0.4, 0.5) is 0 Å². The summed E-state index contributed by atoms with van der Waals surface area (Å²) in [6.07, 6.45) is -0.885. The van der Waals surface area contributed by atoms with E-state index in [1.165, 1.54) is 19.1 Å². The van der Waals surface area contributed by atoms with E-state index in [0.29, 0.717) is 5.56 Å². The predicted molar refractivity (Wildman–Crippen MR) is 69.9 cm³/mol. The van der Waals surface area contributed by atoms with Crippen molar-refractivity contribution in [3.05, 3.63) is 29.3 Å². The molecule has 0 fully saturated rings. The zero-order valence-corrected chi connectivity index (χ0v) is 11.7. The first-order chi connectivity index (χ1) is 9.67. The summed E-state index contributed by atoms with van der Waals surface area (Å²) < 4.78 is 25.9. The smallest absolute Gasteiger partial charge is 0.322 e. The first-order valence-corrected chi connectivity index (χ1v) is 7.13. The molecule has 0 unspecified atom stereocenters. The SMILES string of the molecule is Cc1cc(S(=O)(=O)N[C@@H](CC(=O)O)C(=O)O)ccc1C#N. The van der Waals surface area contributed by atoms with Gasteiger partial charge in [0.1, 0.15) is 6.04 Å². The Hall–Kier alpha value is -2.44. The molecule has 0 amide bonds. The molecule has 0 radical (unpaired) electrons. The number of nitrogens with zero attached hydrogens (tertiary/aromatic N) is 1. The molecule has 1 aromatic carbocycles. The van der Waals surface area contributed by atoms with Crippen LogP contribution in [0, 0.1) is 18.3 Å². The van der Waals surface area contributed by atoms with Gasteiger partial charge in [0.05, 0.1) is 22.9 Å². The molecule has 0 saturated carbocycles. The molecule has 0 aliphatic heterocycles. The highest BCUT2D eigenvalue weighted by atomic mass is 32.2. The third-order valence-electron chi connectivity index (χ3n) is 2.60. The molecule has 1 aromatic rings. The third-order valence-corrected chi connectivity index (χ3v) is 4.07. The number of benzene rings is 1. The number of carboxylic acids is 2. The zero-order valence-electron chi connectivity index (χ0n) is 10.9. The zero-order chi connectivity index (χ0) is 16.2. The second-order valence-corrected chi connectivity index (χ2v) is 5.91. The van der Waals surface area contributed by atoms with Crippen LogP contribution in [0.3, 0.4) is 0 Å². The molecule has 0 saturated heterocycles. The Morgan fingerprint density at radius 1 is 1.38 bits per heavy atom. The largest absolute Gasteiger partial charge is 0.481 e. The van der Waals surface area contributed by atoms with E-state index in [9.17, 15) is 18.0 Å². The topological polar surface area (TPSA) is 145 Å². The minimum Gasteiger partial charge on any atom is -0.481 e. The summed E-state index contributed by atoms with van der Waals surface area (Å²) in [5.74, 6) is -3.03. The normalized spacial score (nSPS) is 12.4. The van der Waals surface area contributed by atoms with E-state index in [0.717, 1.165) is 6.07 Å². The molecule has 0 spiro atoms. The Labute approximate surface area is 120 Å². The van der Waals surface area contributed by atoms with Crippen LogP contribution < -0.4 is 4.72 Å². The summed E-state index contributed by atoms with van der Waals surface area (Å²) in [6.45, 7) is 1.53. The highest BCUT2D eigenvalue weighted by molar-refractivity contribution is 7.89. The van der Waals surface area contributed by atoms with Gasteiger partial charge in [-0.15, -0.1) is 0 Å². The lowest BCUT2D eigenvalue weighted by Crippen LogP contribution is -2.42. The molecular formula is C12H12N2O6S. The van der Waals surface area contributed by atoms with Crippen molar-refractivity contribution in [3.8, 4) is 6.07 Å². The van der Waals surface area contributed by atoms with Crippen LogP contribution in [0.15, 0.2) is 23.1 Å². The van der Waals surface area contributed by atoms with Crippen molar-refractivity contribution in [3.63, 3.8) is 0 Å². The molecule has 0 aliphatic carbocycles. The Morgan fingerprint density at radius 2 is 2.00 bits per heavy atom. The van der Waals surface area contributed by atoms with Crippen LogP contribution in [-0.4, -0.2) is 36.6 Å². The maximum Gasteiger partial charge on any atom is 0.322 e. The average Bonchev–Trinajstić information content (AvgIpc) is 2.36. The van der Waals surface area contributed by atoms with Crippen molar-refractivity contribution < 1.29 is 28.2 Å². The summed E-state index contributed by atoms with van der Waals surface area (Å²) in [6, 6.07) is 3.74. The third kappa shape index (κ3) is 4.27. The van der Waals surface area contributed by atoms with Gasteiger partial charge < -0.3 is 10.2 Å². The maximum atomic E-state index is 12.0. The molecule has 8 nitrogen and oxygen atoms in total. The number of rotatable bonds is 6. The van der Waals surface area contributed by atoms with Gasteiger partial charge in [0, 0.05) is 0 Å². The molecule has 21 heavy (non-hydrogen) atoms. The molecule has 0 bridgehead atoms. The Balaban J connectivity index is 3.10. The van der Waals surface area contributed by atoms with E-state index in [4.69, 9.17) is 15.5 Å². The molecule has 0 aromatic heterocycles. The van der Waals surface area contributed by atoms with Gasteiger partial charge in [0.25, 0.3) is 0 Å².